The molecule has 1 rings (SSSR count). The number of H-pyrrole nitrogens is 1. The van der Waals surface area contributed by atoms with Gasteiger partial charge in [0.1, 0.15) is 0 Å². The summed E-state index contributed by atoms with van der Waals surface area (Å²) in [5.41, 5.74) is 12.1. The molecule has 0 aromatic carbocycles. The first kappa shape index (κ1) is 9.25. The summed E-state index contributed by atoms with van der Waals surface area (Å²) >= 11 is 0. The van der Waals surface area contributed by atoms with E-state index < -0.39 is 0 Å². The van der Waals surface area contributed by atoms with Gasteiger partial charge in [0.25, 0.3) is 0 Å². The van der Waals surface area contributed by atoms with E-state index in [0.29, 0.717) is 6.54 Å². The van der Waals surface area contributed by atoms with Crippen LogP contribution in [0.15, 0.2) is 18.3 Å². The smallest absolute Gasteiger partial charge is 0.0357 e. The normalized spacial score (nSPS) is 13.2. The largest absolute Gasteiger partial charge is 0.364 e. The lowest BCUT2D eigenvalue weighted by molar-refractivity contribution is 0.578. The van der Waals surface area contributed by atoms with Crippen LogP contribution in [-0.4, -0.2) is 24.1 Å². The highest BCUT2D eigenvalue weighted by Crippen LogP contribution is 1.92. The van der Waals surface area contributed by atoms with E-state index >= 15 is 0 Å². The minimum Gasteiger partial charge on any atom is -0.364 e. The number of nitrogens with one attached hydrogen (secondary N) is 2. The second-order valence-electron chi connectivity index (χ2n) is 2.82. The lowest BCUT2D eigenvalue weighted by Gasteiger charge is -2.08. The van der Waals surface area contributed by atoms with Gasteiger partial charge in [-0.2, -0.15) is 0 Å². The van der Waals surface area contributed by atoms with Crippen molar-refractivity contribution >= 4 is 0 Å². The average Bonchev–Trinajstić information content (AvgIpc) is 2.57. The lowest BCUT2D eigenvalue weighted by Crippen LogP contribution is -2.39. The monoisotopic (exact) mass is 168 g/mol. The molecular formula is C8H16N4. The van der Waals surface area contributed by atoms with E-state index in [0.717, 1.165) is 13.1 Å². The molecule has 0 radical (unpaired) electrons. The van der Waals surface area contributed by atoms with Crippen LogP contribution in [0, 0.1) is 0 Å². The topological polar surface area (TPSA) is 79.9 Å². The number of nitrogens with two attached hydrogens (primary N) is 2. The average molecular weight is 168 g/mol. The standard InChI is InChI=1S/C8H16N4/c9-4-7(10)5-11-6-8-2-1-3-12-8/h1-3,7,11-12H,4-6,9-10H2. The molecule has 1 aromatic rings. The fourth-order valence-corrected chi connectivity index (χ4v) is 0.953. The van der Waals surface area contributed by atoms with Crippen LogP contribution < -0.4 is 16.8 Å². The van der Waals surface area contributed by atoms with Crippen molar-refractivity contribution in [2.45, 2.75) is 12.6 Å². The molecule has 68 valence electrons. The van der Waals surface area contributed by atoms with Crippen LogP contribution in [0.2, 0.25) is 0 Å². The van der Waals surface area contributed by atoms with E-state index in [1.54, 1.807) is 0 Å². The van der Waals surface area contributed by atoms with Crippen LogP contribution >= 0.6 is 0 Å². The van der Waals surface area contributed by atoms with Gasteiger partial charge >= 0.3 is 0 Å². The van der Waals surface area contributed by atoms with Crippen LogP contribution in [0.1, 0.15) is 5.69 Å². The lowest BCUT2D eigenvalue weighted by atomic mass is 10.3. The van der Waals surface area contributed by atoms with Crippen molar-refractivity contribution in [3.05, 3.63) is 24.0 Å². The molecule has 1 aromatic heterocycles. The second kappa shape index (κ2) is 4.92. The molecule has 1 atom stereocenters. The van der Waals surface area contributed by atoms with Gasteiger partial charge in [0, 0.05) is 37.6 Å². The van der Waals surface area contributed by atoms with E-state index in [1.807, 2.05) is 18.3 Å². The molecular weight excluding hydrogens is 152 g/mol. The summed E-state index contributed by atoms with van der Waals surface area (Å²) in [4.78, 5) is 3.09. The van der Waals surface area contributed by atoms with Gasteiger partial charge in [-0.3, -0.25) is 0 Å². The summed E-state index contributed by atoms with van der Waals surface area (Å²) in [7, 11) is 0. The quantitative estimate of drug-likeness (QED) is 0.473. The van der Waals surface area contributed by atoms with Gasteiger partial charge in [0.05, 0.1) is 0 Å². The van der Waals surface area contributed by atoms with E-state index in [1.165, 1.54) is 5.69 Å². The Bertz CT molecular complexity index is 195. The van der Waals surface area contributed by atoms with Crippen LogP contribution in [0.25, 0.3) is 0 Å². The summed E-state index contributed by atoms with van der Waals surface area (Å²) in [5.74, 6) is 0. The molecule has 12 heavy (non-hydrogen) atoms. The highest BCUT2D eigenvalue weighted by atomic mass is 14.9. The van der Waals surface area contributed by atoms with Gasteiger partial charge in [0.15, 0.2) is 0 Å². The summed E-state index contributed by atoms with van der Waals surface area (Å²) < 4.78 is 0. The maximum absolute atomic E-state index is 5.61. The predicted octanol–water partition coefficient (Wildman–Crippen LogP) is -0.610. The van der Waals surface area contributed by atoms with Crippen LogP contribution in [0.5, 0.6) is 0 Å². The maximum atomic E-state index is 5.61. The highest BCUT2D eigenvalue weighted by Gasteiger charge is 1.97. The van der Waals surface area contributed by atoms with Crippen LogP contribution in [0.3, 0.4) is 0 Å². The van der Waals surface area contributed by atoms with Crippen LogP contribution in [0.4, 0.5) is 0 Å². The highest BCUT2D eigenvalue weighted by molar-refractivity contribution is 5.02. The summed E-state index contributed by atoms with van der Waals surface area (Å²) in [6.45, 7) is 2.11. The number of aromatic amines is 1. The zero-order valence-corrected chi connectivity index (χ0v) is 7.09. The third kappa shape index (κ3) is 3.04. The summed E-state index contributed by atoms with van der Waals surface area (Å²) in [5, 5.41) is 3.20. The first-order valence-electron chi connectivity index (χ1n) is 4.11. The molecule has 0 aliphatic carbocycles. The number of hydrogen-bond donors (Lipinski definition) is 4. The summed E-state index contributed by atoms with van der Waals surface area (Å²) in [6.07, 6.45) is 1.90. The molecule has 4 nitrogen and oxygen atoms in total. The molecule has 0 aliphatic heterocycles. The molecule has 0 saturated heterocycles. The van der Waals surface area contributed by atoms with E-state index in [9.17, 15) is 0 Å². The second-order valence-corrected chi connectivity index (χ2v) is 2.82. The van der Waals surface area contributed by atoms with Crippen molar-refractivity contribution in [1.82, 2.24) is 10.3 Å². The van der Waals surface area contributed by atoms with Gasteiger partial charge in [-0.05, 0) is 12.1 Å². The Morgan fingerprint density at radius 1 is 1.58 bits per heavy atom. The number of hydrogen-bond acceptors (Lipinski definition) is 3. The Labute approximate surface area is 72.3 Å². The van der Waals surface area contributed by atoms with E-state index in [4.69, 9.17) is 11.5 Å². The van der Waals surface area contributed by atoms with Crippen molar-refractivity contribution in [3.63, 3.8) is 0 Å². The molecule has 0 spiro atoms. The molecule has 6 N–H and O–H groups in total. The Kier molecular flexibility index (Phi) is 3.79. The third-order valence-electron chi connectivity index (χ3n) is 1.69. The van der Waals surface area contributed by atoms with Crippen molar-refractivity contribution < 1.29 is 0 Å². The fraction of sp³-hybridized carbons (Fsp3) is 0.500. The maximum Gasteiger partial charge on any atom is 0.0357 e. The van der Waals surface area contributed by atoms with Gasteiger partial charge in [-0.25, -0.2) is 0 Å². The first-order chi connectivity index (χ1) is 5.83. The Morgan fingerprint density at radius 2 is 2.42 bits per heavy atom. The van der Waals surface area contributed by atoms with Crippen LogP contribution in [-0.2, 0) is 6.54 Å². The van der Waals surface area contributed by atoms with Crippen molar-refractivity contribution in [2.75, 3.05) is 13.1 Å². The summed E-state index contributed by atoms with van der Waals surface area (Å²) in [6, 6.07) is 4.06. The zero-order chi connectivity index (χ0) is 8.81. The minimum absolute atomic E-state index is 0.0555. The molecule has 0 aliphatic rings. The zero-order valence-electron chi connectivity index (χ0n) is 7.09. The Balaban J connectivity index is 2.11. The Morgan fingerprint density at radius 3 is 3.00 bits per heavy atom. The first-order valence-corrected chi connectivity index (χ1v) is 4.11. The SMILES string of the molecule is NCC(N)CNCc1ccc[nH]1. The minimum atomic E-state index is 0.0555. The number of rotatable bonds is 5. The van der Waals surface area contributed by atoms with Crippen molar-refractivity contribution in [2.24, 2.45) is 11.5 Å². The van der Waals surface area contributed by atoms with Gasteiger partial charge < -0.3 is 21.8 Å². The third-order valence-corrected chi connectivity index (χ3v) is 1.69. The van der Waals surface area contributed by atoms with E-state index in [-0.39, 0.29) is 6.04 Å². The van der Waals surface area contributed by atoms with Gasteiger partial charge in [-0.15, -0.1) is 0 Å². The molecule has 0 saturated carbocycles. The molecule has 0 bridgehead atoms. The molecule has 0 amide bonds. The molecule has 4 heteroatoms. The van der Waals surface area contributed by atoms with Gasteiger partial charge in [-0.1, -0.05) is 0 Å². The number of aromatic nitrogens is 1. The van der Waals surface area contributed by atoms with Crippen molar-refractivity contribution in [1.29, 1.82) is 0 Å². The van der Waals surface area contributed by atoms with Gasteiger partial charge in [0.2, 0.25) is 0 Å². The molecule has 1 heterocycles. The molecule has 1 unspecified atom stereocenters. The van der Waals surface area contributed by atoms with E-state index in [2.05, 4.69) is 10.3 Å². The Hall–Kier alpha value is -0.840. The predicted molar refractivity (Wildman–Crippen MR) is 49.5 cm³/mol. The fourth-order valence-electron chi connectivity index (χ4n) is 0.953. The van der Waals surface area contributed by atoms with Crippen molar-refractivity contribution in [3.8, 4) is 0 Å². The molecule has 0 fully saturated rings.